The van der Waals surface area contributed by atoms with Crippen molar-refractivity contribution in [1.82, 2.24) is 0 Å². The molecule has 0 N–H and O–H groups in total. The number of carbonyl (C=O) groups is 2. The number of rotatable bonds is 7. The van der Waals surface area contributed by atoms with Gasteiger partial charge in [0.2, 0.25) is 0 Å². The van der Waals surface area contributed by atoms with Gasteiger partial charge in [-0.15, -0.1) is 0 Å². The molecule has 132 valence electrons. The van der Waals surface area contributed by atoms with E-state index in [0.29, 0.717) is 24.3 Å². The molecule has 0 amide bonds. The van der Waals surface area contributed by atoms with E-state index >= 15 is 0 Å². The van der Waals surface area contributed by atoms with E-state index < -0.39 is 11.9 Å². The molecule has 0 aliphatic heterocycles. The van der Waals surface area contributed by atoms with Gasteiger partial charge in [-0.25, -0.2) is 9.59 Å². The molecular formula is C20H22O5. The van der Waals surface area contributed by atoms with E-state index in [1.807, 2.05) is 37.3 Å². The van der Waals surface area contributed by atoms with E-state index in [0.717, 1.165) is 12.0 Å². The molecule has 2 aromatic rings. The lowest BCUT2D eigenvalue weighted by molar-refractivity contribution is 0.0553. The third kappa shape index (κ3) is 4.59. The summed E-state index contributed by atoms with van der Waals surface area (Å²) in [6.45, 7) is 2.36. The second-order valence-electron chi connectivity index (χ2n) is 5.51. The van der Waals surface area contributed by atoms with Crippen LogP contribution in [-0.4, -0.2) is 26.2 Å². The fourth-order valence-corrected chi connectivity index (χ4v) is 2.58. The zero-order valence-electron chi connectivity index (χ0n) is 14.7. The molecule has 0 saturated carbocycles. The lowest BCUT2D eigenvalue weighted by atomic mass is 9.97. The molecule has 0 aliphatic rings. The first-order chi connectivity index (χ1) is 12.1. The molecule has 0 spiro atoms. The minimum Gasteiger partial charge on any atom is -0.489 e. The monoisotopic (exact) mass is 342 g/mol. The van der Waals surface area contributed by atoms with Crippen LogP contribution in [0.15, 0.2) is 42.5 Å². The number of hydrogen-bond donors (Lipinski definition) is 0. The highest BCUT2D eigenvalue weighted by atomic mass is 16.5. The zero-order valence-corrected chi connectivity index (χ0v) is 14.7. The van der Waals surface area contributed by atoms with Gasteiger partial charge in [0.1, 0.15) is 12.4 Å². The Balaban J connectivity index is 2.41. The van der Waals surface area contributed by atoms with Crippen molar-refractivity contribution >= 4 is 11.9 Å². The van der Waals surface area contributed by atoms with Crippen molar-refractivity contribution in [2.24, 2.45) is 0 Å². The number of aryl methyl sites for hydroxylation is 1. The molecular weight excluding hydrogens is 320 g/mol. The molecule has 0 atom stereocenters. The van der Waals surface area contributed by atoms with E-state index in [1.165, 1.54) is 20.3 Å². The van der Waals surface area contributed by atoms with Crippen LogP contribution in [0.1, 0.15) is 45.2 Å². The van der Waals surface area contributed by atoms with E-state index in [1.54, 1.807) is 6.07 Å². The summed E-state index contributed by atoms with van der Waals surface area (Å²) >= 11 is 0. The van der Waals surface area contributed by atoms with Crippen molar-refractivity contribution in [2.75, 3.05) is 14.2 Å². The van der Waals surface area contributed by atoms with Gasteiger partial charge >= 0.3 is 11.9 Å². The minimum atomic E-state index is -0.595. The predicted molar refractivity (Wildman–Crippen MR) is 93.9 cm³/mol. The number of ether oxygens (including phenoxy) is 3. The predicted octanol–water partition coefficient (Wildman–Crippen LogP) is 3.79. The molecule has 0 saturated heterocycles. The smallest absolute Gasteiger partial charge is 0.339 e. The normalized spacial score (nSPS) is 10.2. The molecule has 0 unspecified atom stereocenters. The molecule has 0 fully saturated rings. The highest BCUT2D eigenvalue weighted by Crippen LogP contribution is 2.26. The molecule has 0 aliphatic carbocycles. The average Bonchev–Trinajstić information content (AvgIpc) is 2.65. The Labute approximate surface area is 147 Å². The first-order valence-corrected chi connectivity index (χ1v) is 8.11. The van der Waals surface area contributed by atoms with E-state index in [4.69, 9.17) is 14.2 Å². The van der Waals surface area contributed by atoms with Gasteiger partial charge in [0, 0.05) is 0 Å². The summed E-state index contributed by atoms with van der Waals surface area (Å²) in [5.74, 6) is -0.637. The molecule has 0 bridgehead atoms. The van der Waals surface area contributed by atoms with Crippen molar-refractivity contribution < 1.29 is 23.8 Å². The SMILES string of the molecule is CCCc1cc(OCc2ccccc2)cc(C(=O)OC)c1C(=O)OC. The topological polar surface area (TPSA) is 61.8 Å². The third-order valence-electron chi connectivity index (χ3n) is 3.76. The largest absolute Gasteiger partial charge is 0.489 e. The maximum absolute atomic E-state index is 12.2. The number of methoxy groups -OCH3 is 2. The Morgan fingerprint density at radius 3 is 2.24 bits per heavy atom. The van der Waals surface area contributed by atoms with Gasteiger partial charge in [-0.3, -0.25) is 0 Å². The maximum atomic E-state index is 12.2. The minimum absolute atomic E-state index is 0.156. The molecule has 0 aromatic heterocycles. The molecule has 2 aromatic carbocycles. The van der Waals surface area contributed by atoms with E-state index in [-0.39, 0.29) is 11.1 Å². The highest BCUT2D eigenvalue weighted by molar-refractivity contribution is 6.04. The van der Waals surface area contributed by atoms with Crippen molar-refractivity contribution in [3.05, 3.63) is 64.7 Å². The standard InChI is InChI=1S/C20H22O5/c1-4-8-15-11-16(25-13-14-9-6-5-7-10-14)12-17(19(21)23-2)18(15)20(22)24-3/h5-7,9-12H,4,8,13H2,1-3H3. The lowest BCUT2D eigenvalue weighted by Crippen LogP contribution is -2.15. The quantitative estimate of drug-likeness (QED) is 0.716. The summed E-state index contributed by atoms with van der Waals surface area (Å²) in [6.07, 6.45) is 1.43. The van der Waals surface area contributed by atoms with Gasteiger partial charge in [-0.1, -0.05) is 43.7 Å². The first-order valence-electron chi connectivity index (χ1n) is 8.11. The second kappa shape index (κ2) is 8.87. The van der Waals surface area contributed by atoms with Crippen LogP contribution in [0.2, 0.25) is 0 Å². The average molecular weight is 342 g/mol. The third-order valence-corrected chi connectivity index (χ3v) is 3.76. The van der Waals surface area contributed by atoms with Crippen LogP contribution in [0, 0.1) is 0 Å². The fraction of sp³-hybridized carbons (Fsp3) is 0.300. The Morgan fingerprint density at radius 2 is 1.64 bits per heavy atom. The molecule has 2 rings (SSSR count). The fourth-order valence-electron chi connectivity index (χ4n) is 2.58. The molecule has 5 heteroatoms. The lowest BCUT2D eigenvalue weighted by Gasteiger charge is -2.15. The summed E-state index contributed by atoms with van der Waals surface area (Å²) in [5, 5.41) is 0. The van der Waals surface area contributed by atoms with Gasteiger partial charge in [0.25, 0.3) is 0 Å². The van der Waals surface area contributed by atoms with E-state index in [9.17, 15) is 9.59 Å². The summed E-state index contributed by atoms with van der Waals surface area (Å²) in [4.78, 5) is 24.3. The Morgan fingerprint density at radius 1 is 0.960 bits per heavy atom. The Kier molecular flexibility index (Phi) is 6.57. The first kappa shape index (κ1) is 18.5. The van der Waals surface area contributed by atoms with Crippen LogP contribution in [0.3, 0.4) is 0 Å². The molecule has 0 radical (unpaired) electrons. The van der Waals surface area contributed by atoms with Crippen molar-refractivity contribution in [3.63, 3.8) is 0 Å². The number of benzene rings is 2. The second-order valence-corrected chi connectivity index (χ2v) is 5.51. The van der Waals surface area contributed by atoms with E-state index in [2.05, 4.69) is 0 Å². The summed E-state index contributed by atoms with van der Waals surface area (Å²) < 4.78 is 15.5. The molecule has 25 heavy (non-hydrogen) atoms. The Bertz CT molecular complexity index is 737. The van der Waals surface area contributed by atoms with Crippen molar-refractivity contribution in [3.8, 4) is 5.75 Å². The van der Waals surface area contributed by atoms with Gasteiger partial charge in [0.15, 0.2) is 0 Å². The number of esters is 2. The van der Waals surface area contributed by atoms with Gasteiger partial charge in [-0.05, 0) is 29.7 Å². The van der Waals surface area contributed by atoms with Gasteiger partial charge in [0.05, 0.1) is 25.3 Å². The summed E-state index contributed by atoms with van der Waals surface area (Å²) in [5.41, 5.74) is 2.11. The maximum Gasteiger partial charge on any atom is 0.339 e. The molecule has 5 nitrogen and oxygen atoms in total. The van der Waals surface area contributed by atoms with Crippen LogP contribution in [-0.2, 0) is 22.5 Å². The summed E-state index contributed by atoms with van der Waals surface area (Å²) in [7, 11) is 2.57. The summed E-state index contributed by atoms with van der Waals surface area (Å²) in [6, 6.07) is 13.0. The van der Waals surface area contributed by atoms with Gasteiger partial charge in [-0.2, -0.15) is 0 Å². The van der Waals surface area contributed by atoms with Crippen LogP contribution < -0.4 is 4.74 Å². The van der Waals surface area contributed by atoms with Crippen LogP contribution in [0.4, 0.5) is 0 Å². The number of hydrogen-bond acceptors (Lipinski definition) is 5. The number of carbonyl (C=O) groups excluding carboxylic acids is 2. The van der Waals surface area contributed by atoms with Crippen LogP contribution in [0.5, 0.6) is 5.75 Å². The Hall–Kier alpha value is -2.82. The molecule has 0 heterocycles. The van der Waals surface area contributed by atoms with Gasteiger partial charge < -0.3 is 14.2 Å². The van der Waals surface area contributed by atoms with Crippen LogP contribution in [0.25, 0.3) is 0 Å². The van der Waals surface area contributed by atoms with Crippen molar-refractivity contribution in [2.45, 2.75) is 26.4 Å². The van der Waals surface area contributed by atoms with Crippen LogP contribution >= 0.6 is 0 Å². The zero-order chi connectivity index (χ0) is 18.2. The van der Waals surface area contributed by atoms with Crippen molar-refractivity contribution in [1.29, 1.82) is 0 Å². The highest BCUT2D eigenvalue weighted by Gasteiger charge is 2.23.